The van der Waals surface area contributed by atoms with Crippen LogP contribution in [0.1, 0.15) is 25.3 Å². The first-order valence-electron chi connectivity index (χ1n) is 7.07. The molecule has 0 bridgehead atoms. The average molecular weight is 265 g/mol. The fraction of sp³-hybridized carbons (Fsp3) is 0.600. The van der Waals surface area contributed by atoms with Crippen LogP contribution in [-0.2, 0) is 6.54 Å². The molecule has 4 heteroatoms. The lowest BCUT2D eigenvalue weighted by Crippen LogP contribution is -2.43. The molecule has 2 rings (SSSR count). The Morgan fingerprint density at radius 2 is 2.05 bits per heavy atom. The van der Waals surface area contributed by atoms with E-state index in [-0.39, 0.29) is 11.5 Å². The van der Waals surface area contributed by atoms with Crippen molar-refractivity contribution in [3.05, 3.63) is 29.6 Å². The molecule has 106 valence electrons. The van der Waals surface area contributed by atoms with E-state index in [4.69, 9.17) is 5.73 Å². The Morgan fingerprint density at radius 1 is 1.37 bits per heavy atom. The molecule has 1 heterocycles. The van der Waals surface area contributed by atoms with E-state index >= 15 is 0 Å². The predicted octanol–water partition coefficient (Wildman–Crippen LogP) is 2.32. The van der Waals surface area contributed by atoms with E-state index in [1.165, 1.54) is 0 Å². The number of hydrogen-bond acceptors (Lipinski definition) is 3. The third-order valence-corrected chi connectivity index (χ3v) is 4.16. The minimum Gasteiger partial charge on any atom is -0.396 e. The molecular weight excluding hydrogens is 241 g/mol. The zero-order chi connectivity index (χ0) is 13.8. The van der Waals surface area contributed by atoms with Crippen molar-refractivity contribution in [3.63, 3.8) is 0 Å². The van der Waals surface area contributed by atoms with Gasteiger partial charge in [-0.25, -0.2) is 4.39 Å². The van der Waals surface area contributed by atoms with Crippen LogP contribution in [0.25, 0.3) is 0 Å². The van der Waals surface area contributed by atoms with E-state index in [0.29, 0.717) is 18.2 Å². The summed E-state index contributed by atoms with van der Waals surface area (Å²) in [6.45, 7) is 6.25. The quantitative estimate of drug-likeness (QED) is 0.848. The molecule has 1 aliphatic rings. The van der Waals surface area contributed by atoms with Gasteiger partial charge in [0.25, 0.3) is 0 Å². The smallest absolute Gasteiger partial charge is 0.150 e. The standard InChI is InChI=1S/C15H24FN3/c1-3-19-9-7-13(8-10-19)18(2)11-12-5-4-6-14(17)15(12)16/h4-6,13H,3,7-11,17H2,1-2H3. The first-order valence-corrected chi connectivity index (χ1v) is 7.07. The molecule has 0 amide bonds. The summed E-state index contributed by atoms with van der Waals surface area (Å²) in [5, 5.41) is 0. The van der Waals surface area contributed by atoms with Gasteiger partial charge in [0.1, 0.15) is 0 Å². The van der Waals surface area contributed by atoms with Crippen molar-refractivity contribution >= 4 is 5.69 Å². The molecule has 1 saturated heterocycles. The van der Waals surface area contributed by atoms with E-state index in [9.17, 15) is 4.39 Å². The number of anilines is 1. The van der Waals surface area contributed by atoms with Gasteiger partial charge in [0, 0.05) is 18.2 Å². The van der Waals surface area contributed by atoms with Crippen molar-refractivity contribution < 1.29 is 4.39 Å². The van der Waals surface area contributed by atoms with Crippen LogP contribution < -0.4 is 5.73 Å². The van der Waals surface area contributed by atoms with Crippen molar-refractivity contribution in [2.24, 2.45) is 0 Å². The summed E-state index contributed by atoms with van der Waals surface area (Å²) in [7, 11) is 2.08. The van der Waals surface area contributed by atoms with E-state index in [2.05, 4.69) is 23.8 Å². The zero-order valence-electron chi connectivity index (χ0n) is 11.9. The molecule has 0 aromatic heterocycles. The van der Waals surface area contributed by atoms with Crippen LogP contribution in [0.3, 0.4) is 0 Å². The molecule has 1 aliphatic heterocycles. The highest BCUT2D eigenvalue weighted by Gasteiger charge is 2.22. The lowest BCUT2D eigenvalue weighted by Gasteiger charge is -2.36. The molecule has 0 unspecified atom stereocenters. The second-order valence-corrected chi connectivity index (χ2v) is 5.40. The summed E-state index contributed by atoms with van der Waals surface area (Å²) in [6.07, 6.45) is 2.32. The third kappa shape index (κ3) is 3.45. The van der Waals surface area contributed by atoms with Gasteiger partial charge >= 0.3 is 0 Å². The molecule has 3 nitrogen and oxygen atoms in total. The van der Waals surface area contributed by atoms with E-state index in [0.717, 1.165) is 32.5 Å². The number of nitrogens with two attached hydrogens (primary N) is 1. The van der Waals surface area contributed by atoms with Crippen molar-refractivity contribution in [2.75, 3.05) is 32.4 Å². The SMILES string of the molecule is CCN1CCC(N(C)Cc2cccc(N)c2F)CC1. The average Bonchev–Trinajstić information content (AvgIpc) is 2.44. The van der Waals surface area contributed by atoms with Crippen molar-refractivity contribution in [1.82, 2.24) is 9.80 Å². The topological polar surface area (TPSA) is 32.5 Å². The lowest BCUT2D eigenvalue weighted by atomic mass is 10.0. The number of benzene rings is 1. The van der Waals surface area contributed by atoms with Gasteiger partial charge in [-0.1, -0.05) is 19.1 Å². The second kappa shape index (κ2) is 6.35. The van der Waals surface area contributed by atoms with Gasteiger partial charge in [-0.15, -0.1) is 0 Å². The van der Waals surface area contributed by atoms with Crippen LogP contribution in [0.2, 0.25) is 0 Å². The van der Waals surface area contributed by atoms with Gasteiger partial charge < -0.3 is 10.6 Å². The Hall–Kier alpha value is -1.13. The Labute approximate surface area is 115 Å². The van der Waals surface area contributed by atoms with Gasteiger partial charge in [0.2, 0.25) is 0 Å². The molecule has 2 N–H and O–H groups in total. The molecule has 1 aromatic carbocycles. The fourth-order valence-corrected chi connectivity index (χ4v) is 2.80. The molecular formula is C15H24FN3. The van der Waals surface area contributed by atoms with Crippen LogP contribution in [0.5, 0.6) is 0 Å². The molecule has 19 heavy (non-hydrogen) atoms. The fourth-order valence-electron chi connectivity index (χ4n) is 2.80. The summed E-state index contributed by atoms with van der Waals surface area (Å²) in [5.41, 5.74) is 6.55. The zero-order valence-corrected chi connectivity index (χ0v) is 11.9. The van der Waals surface area contributed by atoms with Crippen LogP contribution in [-0.4, -0.2) is 42.5 Å². The molecule has 0 saturated carbocycles. The maximum Gasteiger partial charge on any atom is 0.150 e. The number of nitrogen functional groups attached to an aromatic ring is 1. The van der Waals surface area contributed by atoms with E-state index in [1.54, 1.807) is 6.07 Å². The monoisotopic (exact) mass is 265 g/mol. The van der Waals surface area contributed by atoms with E-state index in [1.807, 2.05) is 12.1 Å². The van der Waals surface area contributed by atoms with Crippen LogP contribution >= 0.6 is 0 Å². The first-order chi connectivity index (χ1) is 9.11. The van der Waals surface area contributed by atoms with Gasteiger partial charge in [-0.05, 0) is 45.6 Å². The Kier molecular flexibility index (Phi) is 4.77. The normalized spacial score (nSPS) is 18.1. The summed E-state index contributed by atoms with van der Waals surface area (Å²) in [4.78, 5) is 4.72. The van der Waals surface area contributed by atoms with Crippen molar-refractivity contribution in [2.45, 2.75) is 32.4 Å². The maximum atomic E-state index is 13.9. The number of piperidine rings is 1. The Bertz CT molecular complexity index is 414. The molecule has 0 atom stereocenters. The summed E-state index contributed by atoms with van der Waals surface area (Å²) in [6, 6.07) is 5.80. The van der Waals surface area contributed by atoms with Gasteiger partial charge in [-0.3, -0.25) is 4.90 Å². The molecule has 0 spiro atoms. The van der Waals surface area contributed by atoms with Crippen LogP contribution in [0, 0.1) is 5.82 Å². The van der Waals surface area contributed by atoms with Gasteiger partial charge in [0.15, 0.2) is 5.82 Å². The summed E-state index contributed by atoms with van der Waals surface area (Å²) < 4.78 is 13.9. The first kappa shape index (κ1) is 14.3. The molecule has 0 aliphatic carbocycles. The number of hydrogen-bond donors (Lipinski definition) is 1. The maximum absolute atomic E-state index is 13.9. The Balaban J connectivity index is 1.94. The largest absolute Gasteiger partial charge is 0.396 e. The minimum absolute atomic E-state index is 0.242. The predicted molar refractivity (Wildman–Crippen MR) is 77.4 cm³/mol. The van der Waals surface area contributed by atoms with Crippen LogP contribution in [0.15, 0.2) is 18.2 Å². The van der Waals surface area contributed by atoms with Crippen molar-refractivity contribution in [3.8, 4) is 0 Å². The summed E-state index contributed by atoms with van der Waals surface area (Å²) in [5.74, 6) is -0.264. The number of likely N-dealkylation sites (tertiary alicyclic amines) is 1. The van der Waals surface area contributed by atoms with Crippen LogP contribution in [0.4, 0.5) is 10.1 Å². The minimum atomic E-state index is -0.264. The number of rotatable bonds is 4. The molecule has 1 aromatic rings. The van der Waals surface area contributed by atoms with E-state index < -0.39 is 0 Å². The van der Waals surface area contributed by atoms with Crippen molar-refractivity contribution in [1.29, 1.82) is 0 Å². The second-order valence-electron chi connectivity index (χ2n) is 5.40. The van der Waals surface area contributed by atoms with Gasteiger partial charge in [-0.2, -0.15) is 0 Å². The third-order valence-electron chi connectivity index (χ3n) is 4.16. The van der Waals surface area contributed by atoms with Gasteiger partial charge in [0.05, 0.1) is 5.69 Å². The highest BCUT2D eigenvalue weighted by atomic mass is 19.1. The number of nitrogens with zero attached hydrogens (tertiary/aromatic N) is 2. The Morgan fingerprint density at radius 3 is 2.68 bits per heavy atom. The summed E-state index contributed by atoms with van der Waals surface area (Å²) >= 11 is 0. The molecule has 1 fully saturated rings. The highest BCUT2D eigenvalue weighted by molar-refractivity contribution is 5.42. The highest BCUT2D eigenvalue weighted by Crippen LogP contribution is 2.20. The number of halogens is 1. The molecule has 0 radical (unpaired) electrons. The lowest BCUT2D eigenvalue weighted by molar-refractivity contribution is 0.126.